The molecule has 2 heterocycles. The molecular formula is C27H29F7N4O4. The van der Waals surface area contributed by atoms with E-state index in [9.17, 15) is 45.4 Å². The number of halogens is 7. The summed E-state index contributed by atoms with van der Waals surface area (Å²) in [6, 6.07) is 6.44. The lowest BCUT2D eigenvalue weighted by Crippen LogP contribution is -2.53. The van der Waals surface area contributed by atoms with Gasteiger partial charge < -0.3 is 25.4 Å². The van der Waals surface area contributed by atoms with Crippen molar-refractivity contribution in [1.29, 1.82) is 0 Å². The van der Waals surface area contributed by atoms with Crippen LogP contribution in [0.5, 0.6) is 0 Å². The fourth-order valence-electron chi connectivity index (χ4n) is 4.82. The van der Waals surface area contributed by atoms with E-state index in [2.05, 4.69) is 10.6 Å². The van der Waals surface area contributed by atoms with E-state index in [0.29, 0.717) is 43.9 Å². The summed E-state index contributed by atoms with van der Waals surface area (Å²) in [6.45, 7) is 2.28. The highest BCUT2D eigenvalue weighted by Crippen LogP contribution is 2.50. The third-order valence-corrected chi connectivity index (χ3v) is 7.24. The average molecular weight is 607 g/mol. The van der Waals surface area contributed by atoms with Crippen molar-refractivity contribution in [3.8, 4) is 0 Å². The molecule has 0 unspecified atom stereocenters. The van der Waals surface area contributed by atoms with Crippen LogP contribution >= 0.6 is 0 Å². The fraction of sp³-hybridized carbons (Fsp3) is 0.481. The van der Waals surface area contributed by atoms with Gasteiger partial charge in [-0.1, -0.05) is 24.3 Å². The van der Waals surface area contributed by atoms with E-state index in [0.717, 1.165) is 31.0 Å². The summed E-state index contributed by atoms with van der Waals surface area (Å²) in [7, 11) is 0. The van der Waals surface area contributed by atoms with Gasteiger partial charge in [0.2, 0.25) is 0 Å². The van der Waals surface area contributed by atoms with E-state index in [1.54, 1.807) is 0 Å². The van der Waals surface area contributed by atoms with Crippen LogP contribution < -0.4 is 10.6 Å². The third kappa shape index (κ3) is 6.95. The zero-order valence-electron chi connectivity index (χ0n) is 22.2. The molecular weight excluding hydrogens is 577 g/mol. The molecule has 3 N–H and O–H groups in total. The zero-order valence-corrected chi connectivity index (χ0v) is 22.2. The summed E-state index contributed by atoms with van der Waals surface area (Å²) < 4.78 is 98.6. The molecule has 2 aromatic carbocycles. The van der Waals surface area contributed by atoms with Crippen LogP contribution in [-0.2, 0) is 16.9 Å². The lowest BCUT2D eigenvalue weighted by atomic mass is 9.91. The van der Waals surface area contributed by atoms with Gasteiger partial charge in [-0.05, 0) is 36.6 Å². The fourth-order valence-corrected chi connectivity index (χ4v) is 4.82. The van der Waals surface area contributed by atoms with Crippen molar-refractivity contribution < 1.29 is 50.2 Å². The number of hydrogen-bond donors (Lipinski definition) is 3. The molecule has 2 aliphatic rings. The number of nitrogens with zero attached hydrogens (tertiary/aromatic N) is 2. The highest BCUT2D eigenvalue weighted by Gasteiger charge is 2.71. The molecule has 2 aromatic rings. The van der Waals surface area contributed by atoms with Gasteiger partial charge in [0, 0.05) is 57.0 Å². The molecule has 15 heteroatoms. The second-order valence-corrected chi connectivity index (χ2v) is 10.1. The largest absolute Gasteiger partial charge is 0.430 e. The summed E-state index contributed by atoms with van der Waals surface area (Å²) in [6.07, 6.45) is -10.3. The molecule has 0 aromatic heterocycles. The van der Waals surface area contributed by atoms with Crippen LogP contribution in [0, 0.1) is 5.82 Å². The van der Waals surface area contributed by atoms with E-state index in [1.165, 1.54) is 17.0 Å². The van der Waals surface area contributed by atoms with Crippen molar-refractivity contribution in [1.82, 2.24) is 15.1 Å². The molecule has 2 fully saturated rings. The Morgan fingerprint density at radius 3 is 2.14 bits per heavy atom. The number of rotatable bonds is 7. The quantitative estimate of drug-likeness (QED) is 0.407. The second-order valence-electron chi connectivity index (χ2n) is 10.1. The number of piperazine rings is 1. The molecule has 230 valence electrons. The van der Waals surface area contributed by atoms with Gasteiger partial charge in [0.1, 0.15) is 5.82 Å². The predicted octanol–water partition coefficient (Wildman–Crippen LogP) is 4.40. The van der Waals surface area contributed by atoms with Gasteiger partial charge in [-0.2, -0.15) is 26.3 Å². The van der Waals surface area contributed by atoms with E-state index < -0.39 is 41.3 Å². The van der Waals surface area contributed by atoms with E-state index >= 15 is 0 Å². The third-order valence-electron chi connectivity index (χ3n) is 7.24. The van der Waals surface area contributed by atoms with Crippen LogP contribution in [0.1, 0.15) is 34.3 Å². The Morgan fingerprint density at radius 1 is 0.952 bits per heavy atom. The van der Waals surface area contributed by atoms with Gasteiger partial charge in [0.15, 0.2) is 0 Å². The molecule has 2 saturated heterocycles. The number of carbonyl (C=O) groups excluding carboxylic acids is 2. The number of aliphatic hydroxyl groups is 1. The molecule has 1 atom stereocenters. The van der Waals surface area contributed by atoms with Crippen LogP contribution in [0.3, 0.4) is 0 Å². The number of amides is 3. The predicted molar refractivity (Wildman–Crippen MR) is 136 cm³/mol. The summed E-state index contributed by atoms with van der Waals surface area (Å²) in [4.78, 5) is 28.3. The molecule has 0 saturated carbocycles. The Kier molecular flexibility index (Phi) is 9.33. The lowest BCUT2D eigenvalue weighted by Gasteiger charge is -2.35. The Bertz CT molecular complexity index is 1240. The minimum Gasteiger partial charge on any atom is -0.376 e. The first kappa shape index (κ1) is 31.5. The Balaban J connectivity index is 1.29. The number of ether oxygens (including phenoxy) is 1. The zero-order chi connectivity index (χ0) is 30.7. The smallest absolute Gasteiger partial charge is 0.376 e. The van der Waals surface area contributed by atoms with E-state index in [4.69, 9.17) is 4.74 Å². The maximum Gasteiger partial charge on any atom is 0.430 e. The van der Waals surface area contributed by atoms with Gasteiger partial charge in [0.25, 0.3) is 11.5 Å². The maximum atomic E-state index is 14.6. The summed E-state index contributed by atoms with van der Waals surface area (Å²) in [5.41, 5.74) is -5.95. The monoisotopic (exact) mass is 606 g/mol. The van der Waals surface area contributed by atoms with Crippen molar-refractivity contribution in [2.45, 2.75) is 43.4 Å². The number of alkyl halides is 6. The summed E-state index contributed by atoms with van der Waals surface area (Å²) in [5, 5.41) is 14.5. The second kappa shape index (κ2) is 12.4. The Morgan fingerprint density at radius 2 is 1.60 bits per heavy atom. The molecule has 3 amide bonds. The van der Waals surface area contributed by atoms with Gasteiger partial charge in [-0.25, -0.2) is 9.18 Å². The first-order valence-electron chi connectivity index (χ1n) is 13.1. The standard InChI is InChI=1S/C27H29F7N4O4/c28-21-14-18(5-8-22(21)36-24(40)35-15-20-2-1-13-42-20)23(39)38-11-9-37(10-12-38)16-17-3-6-19(7-4-17)25(41,26(29,30)31)27(32,33)34/h3-8,14,20,41H,1-2,9-13,15-16H2,(H2,35,36,40)/t20-/m1/s1. The maximum absolute atomic E-state index is 14.6. The van der Waals surface area contributed by atoms with Crippen LogP contribution in [-0.4, -0.2) is 84.6 Å². The van der Waals surface area contributed by atoms with E-state index in [1.807, 2.05) is 4.90 Å². The van der Waals surface area contributed by atoms with Crippen molar-refractivity contribution in [3.05, 3.63) is 65.0 Å². The van der Waals surface area contributed by atoms with Crippen molar-refractivity contribution in [2.75, 3.05) is 44.6 Å². The summed E-state index contributed by atoms with van der Waals surface area (Å²) in [5.74, 6) is -1.23. The number of nitrogens with one attached hydrogen (secondary N) is 2. The van der Waals surface area contributed by atoms with Crippen molar-refractivity contribution in [3.63, 3.8) is 0 Å². The molecule has 2 aliphatic heterocycles. The van der Waals surface area contributed by atoms with Gasteiger partial charge >= 0.3 is 18.4 Å². The number of benzene rings is 2. The van der Waals surface area contributed by atoms with Gasteiger partial charge in [0.05, 0.1) is 11.8 Å². The molecule has 0 aliphatic carbocycles. The first-order valence-corrected chi connectivity index (χ1v) is 13.1. The van der Waals surface area contributed by atoms with Crippen LogP contribution in [0.4, 0.5) is 41.2 Å². The Labute approximate surface area is 236 Å². The first-order chi connectivity index (χ1) is 19.7. The molecule has 0 bridgehead atoms. The van der Waals surface area contributed by atoms with Crippen LogP contribution in [0.2, 0.25) is 0 Å². The number of anilines is 1. The molecule has 42 heavy (non-hydrogen) atoms. The molecule has 4 rings (SSSR count). The minimum absolute atomic E-state index is 0.0728. The Hall–Kier alpha value is -3.43. The SMILES string of the molecule is O=C(NC[C@H]1CCCO1)Nc1ccc(C(=O)N2CCN(Cc3ccc(C(O)(C(F)(F)F)C(F)(F)F)cc3)CC2)cc1F. The number of urea groups is 1. The average Bonchev–Trinajstić information content (AvgIpc) is 3.46. The minimum atomic E-state index is -5.96. The molecule has 8 nitrogen and oxygen atoms in total. The molecule has 0 radical (unpaired) electrons. The van der Waals surface area contributed by atoms with Crippen molar-refractivity contribution >= 4 is 17.6 Å². The number of carbonyl (C=O) groups is 2. The molecule has 0 spiro atoms. The topological polar surface area (TPSA) is 94.1 Å². The van der Waals surface area contributed by atoms with Crippen LogP contribution in [0.15, 0.2) is 42.5 Å². The van der Waals surface area contributed by atoms with E-state index in [-0.39, 0.29) is 37.0 Å². The highest BCUT2D eigenvalue weighted by molar-refractivity contribution is 5.95. The summed E-state index contributed by atoms with van der Waals surface area (Å²) >= 11 is 0. The van der Waals surface area contributed by atoms with Crippen molar-refractivity contribution in [2.24, 2.45) is 0 Å². The van der Waals surface area contributed by atoms with Gasteiger partial charge in [-0.3, -0.25) is 9.69 Å². The lowest BCUT2D eigenvalue weighted by molar-refractivity contribution is -0.376. The number of hydrogen-bond acceptors (Lipinski definition) is 5. The van der Waals surface area contributed by atoms with Crippen LogP contribution in [0.25, 0.3) is 0 Å². The highest BCUT2D eigenvalue weighted by atomic mass is 19.4. The van der Waals surface area contributed by atoms with Gasteiger partial charge in [-0.15, -0.1) is 0 Å². The normalized spacial score (nSPS) is 18.7.